The number of benzene rings is 2. The predicted octanol–water partition coefficient (Wildman–Crippen LogP) is 2.16. The molecule has 1 heterocycles. The Morgan fingerprint density at radius 1 is 1.21 bits per heavy atom. The summed E-state index contributed by atoms with van der Waals surface area (Å²) in [5.74, 6) is 0.223. The minimum absolute atomic E-state index is 0.141. The van der Waals surface area contributed by atoms with E-state index in [1.165, 1.54) is 6.33 Å². The van der Waals surface area contributed by atoms with Gasteiger partial charge in [0.05, 0.1) is 23.0 Å². The Morgan fingerprint density at radius 2 is 2.00 bits per heavy atom. The van der Waals surface area contributed by atoms with Gasteiger partial charge in [-0.05, 0) is 36.4 Å². The van der Waals surface area contributed by atoms with Crippen LogP contribution in [-0.2, 0) is 4.79 Å². The van der Waals surface area contributed by atoms with Gasteiger partial charge in [0.2, 0.25) is 0 Å². The van der Waals surface area contributed by atoms with Crippen LogP contribution in [0.4, 0.5) is 5.69 Å². The van der Waals surface area contributed by atoms with Crippen LogP contribution in [0.25, 0.3) is 5.69 Å². The van der Waals surface area contributed by atoms with Crippen molar-refractivity contribution >= 4 is 11.6 Å². The molecule has 0 saturated carbocycles. The van der Waals surface area contributed by atoms with Gasteiger partial charge in [-0.15, -0.1) is 0 Å². The van der Waals surface area contributed by atoms with E-state index in [4.69, 9.17) is 10.00 Å². The van der Waals surface area contributed by atoms with Gasteiger partial charge in [-0.3, -0.25) is 4.79 Å². The Bertz CT molecular complexity index is 867. The number of amides is 1. The highest BCUT2D eigenvalue weighted by molar-refractivity contribution is 5.93. The lowest BCUT2D eigenvalue weighted by atomic mass is 10.2. The average Bonchev–Trinajstić information content (AvgIpc) is 3.15. The van der Waals surface area contributed by atoms with E-state index < -0.39 is 0 Å². The number of anilines is 1. The number of hydrogen-bond acceptors (Lipinski definition) is 5. The Morgan fingerprint density at radius 3 is 2.71 bits per heavy atom. The summed E-state index contributed by atoms with van der Waals surface area (Å²) in [6.45, 7) is -0.141. The van der Waals surface area contributed by atoms with Crippen molar-refractivity contribution in [2.45, 2.75) is 0 Å². The number of carbonyl (C=O) groups is 1. The summed E-state index contributed by atoms with van der Waals surface area (Å²) in [5.41, 5.74) is 1.85. The van der Waals surface area contributed by atoms with Crippen LogP contribution < -0.4 is 10.1 Å². The molecular formula is C17H13N5O2. The van der Waals surface area contributed by atoms with Gasteiger partial charge in [0.1, 0.15) is 18.4 Å². The molecule has 0 unspecified atom stereocenters. The molecule has 0 atom stereocenters. The number of hydrogen-bond donors (Lipinski definition) is 1. The minimum atomic E-state index is -0.299. The van der Waals surface area contributed by atoms with Crippen LogP contribution in [-0.4, -0.2) is 27.3 Å². The predicted molar refractivity (Wildman–Crippen MR) is 86.6 cm³/mol. The maximum atomic E-state index is 12.1. The molecule has 1 aromatic heterocycles. The van der Waals surface area contributed by atoms with E-state index in [1.54, 1.807) is 41.3 Å². The standard InChI is InChI=1S/C17H13N5O2/c18-9-13-5-7-14(8-6-13)24-10-17(23)21-15-3-1-2-4-16(15)22-12-19-11-20-22/h1-8,11-12H,10H2,(H,21,23). The molecule has 1 amide bonds. The molecule has 0 aliphatic heterocycles. The van der Waals surface area contributed by atoms with Gasteiger partial charge in [0.25, 0.3) is 5.91 Å². The average molecular weight is 319 g/mol. The number of nitrogens with zero attached hydrogens (tertiary/aromatic N) is 4. The molecular weight excluding hydrogens is 306 g/mol. The third-order valence-corrected chi connectivity index (χ3v) is 3.20. The molecule has 118 valence electrons. The molecule has 0 fully saturated rings. The fourth-order valence-corrected chi connectivity index (χ4v) is 2.07. The minimum Gasteiger partial charge on any atom is -0.484 e. The highest BCUT2D eigenvalue weighted by atomic mass is 16.5. The summed E-state index contributed by atoms with van der Waals surface area (Å²) in [6.07, 6.45) is 2.98. The normalized spacial score (nSPS) is 9.96. The fourth-order valence-electron chi connectivity index (χ4n) is 2.07. The molecule has 7 heteroatoms. The Labute approximate surface area is 138 Å². The van der Waals surface area contributed by atoms with E-state index in [0.717, 1.165) is 0 Å². The van der Waals surface area contributed by atoms with Gasteiger partial charge >= 0.3 is 0 Å². The van der Waals surface area contributed by atoms with Crippen molar-refractivity contribution in [2.75, 3.05) is 11.9 Å². The Hall–Kier alpha value is -3.66. The molecule has 2 aromatic carbocycles. The molecule has 0 bridgehead atoms. The largest absolute Gasteiger partial charge is 0.484 e. The second kappa shape index (κ2) is 7.07. The van der Waals surface area contributed by atoms with Crippen LogP contribution in [0.1, 0.15) is 5.56 Å². The van der Waals surface area contributed by atoms with E-state index in [2.05, 4.69) is 15.4 Å². The summed E-state index contributed by atoms with van der Waals surface area (Å²) >= 11 is 0. The number of para-hydroxylation sites is 2. The lowest BCUT2D eigenvalue weighted by Crippen LogP contribution is -2.21. The number of ether oxygens (including phenoxy) is 1. The molecule has 3 aromatic rings. The highest BCUT2D eigenvalue weighted by Gasteiger charge is 2.09. The smallest absolute Gasteiger partial charge is 0.262 e. The number of nitrogens with one attached hydrogen (secondary N) is 1. The van der Waals surface area contributed by atoms with Gasteiger partial charge < -0.3 is 10.1 Å². The van der Waals surface area contributed by atoms with E-state index in [9.17, 15) is 4.79 Å². The lowest BCUT2D eigenvalue weighted by molar-refractivity contribution is -0.118. The van der Waals surface area contributed by atoms with Gasteiger partial charge in [-0.2, -0.15) is 10.4 Å². The Kier molecular flexibility index (Phi) is 4.49. The van der Waals surface area contributed by atoms with Crippen LogP contribution in [0.2, 0.25) is 0 Å². The van der Waals surface area contributed by atoms with Gasteiger partial charge in [0, 0.05) is 0 Å². The summed E-state index contributed by atoms with van der Waals surface area (Å²) in [5, 5.41) is 15.6. The second-order valence-electron chi connectivity index (χ2n) is 4.83. The molecule has 0 saturated heterocycles. The molecule has 7 nitrogen and oxygen atoms in total. The summed E-state index contributed by atoms with van der Waals surface area (Å²) < 4.78 is 6.98. The quantitative estimate of drug-likeness (QED) is 0.778. The first-order valence-corrected chi connectivity index (χ1v) is 7.13. The van der Waals surface area contributed by atoms with Crippen molar-refractivity contribution in [1.29, 1.82) is 5.26 Å². The summed E-state index contributed by atoms with van der Waals surface area (Å²) in [4.78, 5) is 16.0. The van der Waals surface area contributed by atoms with Crippen LogP contribution in [0, 0.1) is 11.3 Å². The van der Waals surface area contributed by atoms with Crippen molar-refractivity contribution < 1.29 is 9.53 Å². The highest BCUT2D eigenvalue weighted by Crippen LogP contribution is 2.18. The van der Waals surface area contributed by atoms with Crippen LogP contribution in [0.3, 0.4) is 0 Å². The molecule has 24 heavy (non-hydrogen) atoms. The first kappa shape index (κ1) is 15.2. The zero-order chi connectivity index (χ0) is 16.8. The zero-order valence-corrected chi connectivity index (χ0v) is 12.6. The maximum Gasteiger partial charge on any atom is 0.262 e. The molecule has 0 aliphatic carbocycles. The monoisotopic (exact) mass is 319 g/mol. The number of rotatable bonds is 5. The SMILES string of the molecule is N#Cc1ccc(OCC(=O)Nc2ccccc2-n2cncn2)cc1. The third-order valence-electron chi connectivity index (χ3n) is 3.20. The van der Waals surface area contributed by atoms with Crippen molar-refractivity contribution in [3.8, 4) is 17.5 Å². The zero-order valence-electron chi connectivity index (χ0n) is 12.6. The summed E-state index contributed by atoms with van der Waals surface area (Å²) in [6, 6.07) is 15.8. The first-order valence-electron chi connectivity index (χ1n) is 7.13. The van der Waals surface area contributed by atoms with E-state index >= 15 is 0 Å². The number of aromatic nitrogens is 3. The maximum absolute atomic E-state index is 12.1. The molecule has 1 N–H and O–H groups in total. The molecule has 0 spiro atoms. The van der Waals surface area contributed by atoms with E-state index in [0.29, 0.717) is 22.7 Å². The molecule has 3 rings (SSSR count). The second-order valence-corrected chi connectivity index (χ2v) is 4.83. The molecule has 0 radical (unpaired) electrons. The third kappa shape index (κ3) is 3.56. The fraction of sp³-hybridized carbons (Fsp3) is 0.0588. The Balaban J connectivity index is 1.64. The van der Waals surface area contributed by atoms with Crippen molar-refractivity contribution in [1.82, 2.24) is 14.8 Å². The first-order chi connectivity index (χ1) is 11.8. The number of nitriles is 1. The summed E-state index contributed by atoms with van der Waals surface area (Å²) in [7, 11) is 0. The lowest BCUT2D eigenvalue weighted by Gasteiger charge is -2.11. The van der Waals surface area contributed by atoms with Crippen molar-refractivity contribution in [3.63, 3.8) is 0 Å². The topological polar surface area (TPSA) is 92.8 Å². The number of carbonyl (C=O) groups excluding carboxylic acids is 1. The van der Waals surface area contributed by atoms with Gasteiger partial charge in [0.15, 0.2) is 6.61 Å². The molecule has 0 aliphatic rings. The van der Waals surface area contributed by atoms with Crippen molar-refractivity contribution in [2.24, 2.45) is 0 Å². The van der Waals surface area contributed by atoms with E-state index in [-0.39, 0.29) is 12.5 Å². The van der Waals surface area contributed by atoms with Crippen LogP contribution in [0.5, 0.6) is 5.75 Å². The van der Waals surface area contributed by atoms with E-state index in [1.807, 2.05) is 24.3 Å². The van der Waals surface area contributed by atoms with Crippen molar-refractivity contribution in [3.05, 3.63) is 66.7 Å². The van der Waals surface area contributed by atoms with Crippen LogP contribution >= 0.6 is 0 Å². The van der Waals surface area contributed by atoms with Crippen LogP contribution in [0.15, 0.2) is 61.2 Å². The van der Waals surface area contributed by atoms with Gasteiger partial charge in [-0.1, -0.05) is 12.1 Å². The van der Waals surface area contributed by atoms with Gasteiger partial charge in [-0.25, -0.2) is 9.67 Å².